The quantitative estimate of drug-likeness (QED) is 0.563. The van der Waals surface area contributed by atoms with E-state index in [4.69, 9.17) is 16.6 Å². The fraction of sp³-hybridized carbons (Fsp3) is 0.100. The minimum atomic E-state index is 0.592. The van der Waals surface area contributed by atoms with E-state index in [1.165, 1.54) is 16.0 Å². The minimum Gasteiger partial charge on any atom is -0.235 e. The maximum atomic E-state index is 9.57. The van der Waals surface area contributed by atoms with E-state index >= 15 is 0 Å². The number of halogens is 1. The summed E-state index contributed by atoms with van der Waals surface area (Å²) in [6, 6.07) is 18.1. The standard InChI is InChI=1S/C20H13ClN2S/c21-16-8-5-13(6-9-16)11-15(12-22)20-23-19-17-4-2-1-3-14(17)7-10-18(19)24-20/h1-6,8-9,11H,7,10H2/b15-11-. The molecule has 1 aromatic heterocycles. The van der Waals surface area contributed by atoms with Crippen LogP contribution in [0.2, 0.25) is 5.02 Å². The first-order valence-corrected chi connectivity index (χ1v) is 8.90. The van der Waals surface area contributed by atoms with Gasteiger partial charge in [0.15, 0.2) is 0 Å². The van der Waals surface area contributed by atoms with Crippen LogP contribution in [0.1, 0.15) is 21.0 Å². The molecule has 0 spiro atoms. The Kier molecular flexibility index (Phi) is 3.93. The molecule has 0 unspecified atom stereocenters. The van der Waals surface area contributed by atoms with Gasteiger partial charge in [0.25, 0.3) is 0 Å². The molecule has 2 aromatic carbocycles. The number of fused-ring (bicyclic) bond motifs is 3. The molecule has 2 nitrogen and oxygen atoms in total. The summed E-state index contributed by atoms with van der Waals surface area (Å²) in [4.78, 5) is 6.04. The highest BCUT2D eigenvalue weighted by Crippen LogP contribution is 2.38. The van der Waals surface area contributed by atoms with Gasteiger partial charge in [-0.3, -0.25) is 0 Å². The number of hydrogen-bond acceptors (Lipinski definition) is 3. The molecule has 0 N–H and O–H groups in total. The topological polar surface area (TPSA) is 36.7 Å². The van der Waals surface area contributed by atoms with Crippen LogP contribution in [0.25, 0.3) is 22.9 Å². The Morgan fingerprint density at radius 1 is 1.12 bits per heavy atom. The molecule has 1 heterocycles. The molecule has 0 amide bonds. The van der Waals surface area contributed by atoms with Gasteiger partial charge in [0.05, 0.1) is 11.3 Å². The van der Waals surface area contributed by atoms with Crippen molar-refractivity contribution >= 4 is 34.6 Å². The van der Waals surface area contributed by atoms with Crippen molar-refractivity contribution in [1.29, 1.82) is 5.26 Å². The van der Waals surface area contributed by atoms with Crippen LogP contribution >= 0.6 is 22.9 Å². The van der Waals surface area contributed by atoms with E-state index in [0.717, 1.165) is 29.1 Å². The lowest BCUT2D eigenvalue weighted by Gasteiger charge is -2.13. The third-order valence-electron chi connectivity index (χ3n) is 4.12. The van der Waals surface area contributed by atoms with Crippen LogP contribution in [-0.4, -0.2) is 4.98 Å². The number of rotatable bonds is 2. The lowest BCUT2D eigenvalue weighted by Crippen LogP contribution is -2.01. The average molecular weight is 349 g/mol. The van der Waals surface area contributed by atoms with E-state index < -0.39 is 0 Å². The molecule has 1 aliphatic carbocycles. The Bertz CT molecular complexity index is 978. The molecule has 4 heteroatoms. The Labute approximate surface area is 149 Å². The molecule has 116 valence electrons. The highest BCUT2D eigenvalue weighted by Gasteiger charge is 2.21. The van der Waals surface area contributed by atoms with E-state index in [-0.39, 0.29) is 0 Å². The molecule has 0 fully saturated rings. The molecule has 0 saturated carbocycles. The smallest absolute Gasteiger partial charge is 0.134 e. The van der Waals surface area contributed by atoms with E-state index in [1.54, 1.807) is 11.3 Å². The molecule has 0 radical (unpaired) electrons. The van der Waals surface area contributed by atoms with Crippen molar-refractivity contribution in [2.24, 2.45) is 0 Å². The normalized spacial score (nSPS) is 13.1. The number of hydrogen-bond donors (Lipinski definition) is 0. The first kappa shape index (κ1) is 15.1. The van der Waals surface area contributed by atoms with Crippen LogP contribution in [0.3, 0.4) is 0 Å². The van der Waals surface area contributed by atoms with Gasteiger partial charge in [-0.25, -0.2) is 4.98 Å². The predicted octanol–water partition coefficient (Wildman–Crippen LogP) is 5.63. The number of thiazole rings is 1. The van der Waals surface area contributed by atoms with Crippen LogP contribution in [-0.2, 0) is 12.8 Å². The summed E-state index contributed by atoms with van der Waals surface area (Å²) >= 11 is 7.55. The molecule has 24 heavy (non-hydrogen) atoms. The van der Waals surface area contributed by atoms with Crippen molar-refractivity contribution in [3.05, 3.63) is 74.6 Å². The first-order chi connectivity index (χ1) is 11.7. The lowest BCUT2D eigenvalue weighted by molar-refractivity contribution is 0.955. The van der Waals surface area contributed by atoms with Gasteiger partial charge >= 0.3 is 0 Å². The second-order valence-electron chi connectivity index (χ2n) is 5.67. The minimum absolute atomic E-state index is 0.592. The first-order valence-electron chi connectivity index (χ1n) is 7.70. The van der Waals surface area contributed by atoms with Gasteiger partial charge in [-0.05, 0) is 42.2 Å². The zero-order valence-electron chi connectivity index (χ0n) is 12.8. The second-order valence-corrected chi connectivity index (χ2v) is 7.19. The number of nitriles is 1. The van der Waals surface area contributed by atoms with Crippen molar-refractivity contribution in [3.63, 3.8) is 0 Å². The maximum Gasteiger partial charge on any atom is 0.134 e. The summed E-state index contributed by atoms with van der Waals surface area (Å²) in [5, 5.41) is 11.0. The molecular weight excluding hydrogens is 336 g/mol. The molecule has 0 atom stereocenters. The van der Waals surface area contributed by atoms with Crippen LogP contribution in [0.5, 0.6) is 0 Å². The zero-order chi connectivity index (χ0) is 16.5. The summed E-state index contributed by atoms with van der Waals surface area (Å²) in [7, 11) is 0. The summed E-state index contributed by atoms with van der Waals surface area (Å²) < 4.78 is 0. The van der Waals surface area contributed by atoms with Crippen molar-refractivity contribution in [2.45, 2.75) is 12.8 Å². The highest BCUT2D eigenvalue weighted by molar-refractivity contribution is 7.13. The summed E-state index contributed by atoms with van der Waals surface area (Å²) in [6.45, 7) is 0. The SMILES string of the molecule is N#C/C(=C/c1ccc(Cl)cc1)c1nc2c(s1)CCc1ccccc1-2. The molecule has 0 saturated heterocycles. The van der Waals surface area contributed by atoms with Crippen LogP contribution in [0.4, 0.5) is 0 Å². The monoisotopic (exact) mass is 348 g/mol. The van der Waals surface area contributed by atoms with Gasteiger partial charge in [-0.15, -0.1) is 11.3 Å². The number of allylic oxidation sites excluding steroid dienone is 1. The fourth-order valence-corrected chi connectivity index (χ4v) is 4.10. The summed E-state index contributed by atoms with van der Waals surface area (Å²) in [5.74, 6) is 0. The van der Waals surface area contributed by atoms with E-state index in [9.17, 15) is 5.26 Å². The van der Waals surface area contributed by atoms with E-state index in [2.05, 4.69) is 24.3 Å². The molecule has 0 bridgehead atoms. The molecular formula is C20H13ClN2S. The number of aromatic nitrogens is 1. The Balaban J connectivity index is 1.77. The lowest BCUT2D eigenvalue weighted by atomic mass is 9.94. The summed E-state index contributed by atoms with van der Waals surface area (Å²) in [6.07, 6.45) is 3.89. The van der Waals surface area contributed by atoms with Crippen LogP contribution in [0.15, 0.2) is 48.5 Å². The Morgan fingerprint density at radius 2 is 1.92 bits per heavy atom. The van der Waals surface area contributed by atoms with Crippen LogP contribution in [0, 0.1) is 11.3 Å². The van der Waals surface area contributed by atoms with Gasteiger partial charge in [-0.1, -0.05) is 48.0 Å². The van der Waals surface area contributed by atoms with Crippen molar-refractivity contribution in [3.8, 4) is 17.3 Å². The molecule has 3 aromatic rings. The largest absolute Gasteiger partial charge is 0.235 e. The zero-order valence-corrected chi connectivity index (χ0v) is 14.4. The number of nitrogens with zero attached hydrogens (tertiary/aromatic N) is 2. The molecule has 4 rings (SSSR count). The highest BCUT2D eigenvalue weighted by atomic mass is 35.5. The van der Waals surface area contributed by atoms with Gasteiger partial charge in [0, 0.05) is 15.5 Å². The average Bonchev–Trinajstić information content (AvgIpc) is 3.06. The van der Waals surface area contributed by atoms with Gasteiger partial charge < -0.3 is 0 Å². The second kappa shape index (κ2) is 6.24. The Morgan fingerprint density at radius 3 is 2.71 bits per heavy atom. The Hall–Kier alpha value is -2.41. The number of benzene rings is 2. The van der Waals surface area contributed by atoms with Crippen molar-refractivity contribution in [1.82, 2.24) is 4.98 Å². The van der Waals surface area contributed by atoms with Gasteiger partial charge in [-0.2, -0.15) is 5.26 Å². The fourth-order valence-electron chi connectivity index (χ4n) is 2.93. The van der Waals surface area contributed by atoms with Crippen LogP contribution < -0.4 is 0 Å². The van der Waals surface area contributed by atoms with Gasteiger partial charge in [0.2, 0.25) is 0 Å². The predicted molar refractivity (Wildman–Crippen MR) is 99.9 cm³/mol. The maximum absolute atomic E-state index is 9.57. The third kappa shape index (κ3) is 2.75. The molecule has 1 aliphatic rings. The van der Waals surface area contributed by atoms with E-state index in [1.807, 2.05) is 36.4 Å². The van der Waals surface area contributed by atoms with Gasteiger partial charge in [0.1, 0.15) is 11.1 Å². The van der Waals surface area contributed by atoms with Crippen molar-refractivity contribution < 1.29 is 0 Å². The third-order valence-corrected chi connectivity index (χ3v) is 5.52. The molecule has 0 aliphatic heterocycles. The van der Waals surface area contributed by atoms with Crippen molar-refractivity contribution in [2.75, 3.05) is 0 Å². The van der Waals surface area contributed by atoms with E-state index in [0.29, 0.717) is 10.6 Å². The number of aryl methyl sites for hydroxylation is 2. The summed E-state index contributed by atoms with van der Waals surface area (Å²) in [5.41, 5.74) is 5.11.